The fourth-order valence-electron chi connectivity index (χ4n) is 2.16. The first-order valence-electron chi connectivity index (χ1n) is 6.05. The molecule has 0 fully saturated rings. The van der Waals surface area contributed by atoms with Crippen molar-refractivity contribution in [1.82, 2.24) is 0 Å². The summed E-state index contributed by atoms with van der Waals surface area (Å²) in [5.74, 6) is 1.19. The molecule has 1 rings (SSSR count). The van der Waals surface area contributed by atoms with Gasteiger partial charge in [-0.05, 0) is 32.0 Å². The van der Waals surface area contributed by atoms with Gasteiger partial charge < -0.3 is 4.43 Å². The highest BCUT2D eigenvalue weighted by Crippen LogP contribution is 2.34. The number of nitrogens with zero attached hydrogens (tertiary/aromatic N) is 1. The molecule has 0 saturated heterocycles. The third-order valence-electron chi connectivity index (χ3n) is 2.51. The summed E-state index contributed by atoms with van der Waals surface area (Å²) in [6.45, 7) is 16.4. The van der Waals surface area contributed by atoms with Crippen LogP contribution in [0.4, 0.5) is 0 Å². The fraction of sp³-hybridized carbons (Fsp3) is 0.769. The van der Waals surface area contributed by atoms with Crippen molar-refractivity contribution in [2.45, 2.75) is 53.8 Å². The average Bonchev–Trinajstić information content (AvgIpc) is 1.97. The summed E-state index contributed by atoms with van der Waals surface area (Å²) in [6.07, 6.45) is 0.966. The monoisotopic (exact) mass is 239 g/mol. The molecule has 1 aliphatic heterocycles. The minimum Gasteiger partial charge on any atom is -0.547 e. The Balaban J connectivity index is 3.12. The number of rotatable bonds is 2. The van der Waals surface area contributed by atoms with Gasteiger partial charge in [0.15, 0.2) is 0 Å². The molecule has 0 radical (unpaired) electrons. The smallest absolute Gasteiger partial charge is 0.241 e. The van der Waals surface area contributed by atoms with Crippen LogP contribution in [0.1, 0.15) is 34.1 Å². The van der Waals surface area contributed by atoms with Crippen LogP contribution in [0, 0.1) is 5.41 Å². The quantitative estimate of drug-likeness (QED) is 0.667. The molecule has 0 aromatic carbocycles. The van der Waals surface area contributed by atoms with Crippen molar-refractivity contribution in [1.29, 1.82) is 0 Å². The van der Waals surface area contributed by atoms with Crippen LogP contribution in [-0.4, -0.2) is 20.6 Å². The summed E-state index contributed by atoms with van der Waals surface area (Å²) in [6, 6.07) is 0. The van der Waals surface area contributed by atoms with Gasteiger partial charge in [0.05, 0.1) is 5.76 Å². The zero-order valence-electron chi connectivity index (χ0n) is 11.8. The van der Waals surface area contributed by atoms with E-state index in [4.69, 9.17) is 4.43 Å². The molecule has 0 spiro atoms. The molecular weight excluding hydrogens is 214 g/mol. The fourth-order valence-corrected chi connectivity index (χ4v) is 3.11. The second-order valence-corrected chi connectivity index (χ2v) is 10.9. The summed E-state index contributed by atoms with van der Waals surface area (Å²) < 4.78 is 6.23. The largest absolute Gasteiger partial charge is 0.547 e. The van der Waals surface area contributed by atoms with Crippen LogP contribution < -0.4 is 0 Å². The molecule has 1 heterocycles. The van der Waals surface area contributed by atoms with Crippen LogP contribution in [0.2, 0.25) is 19.6 Å². The molecule has 0 amide bonds. The van der Waals surface area contributed by atoms with Crippen LogP contribution in [0.3, 0.4) is 0 Å². The van der Waals surface area contributed by atoms with Gasteiger partial charge in [-0.1, -0.05) is 20.8 Å². The molecule has 0 bridgehead atoms. The van der Waals surface area contributed by atoms with E-state index in [1.54, 1.807) is 0 Å². The number of hydrogen-bond acceptors (Lipinski definition) is 2. The SMILES string of the molecule is CC1=NCCC(O[Si](C)(C)C)=C1C(C)(C)C. The molecule has 0 aromatic rings. The molecule has 0 saturated carbocycles. The van der Waals surface area contributed by atoms with E-state index < -0.39 is 8.32 Å². The van der Waals surface area contributed by atoms with Crippen LogP contribution in [0.15, 0.2) is 16.3 Å². The van der Waals surface area contributed by atoms with E-state index in [1.165, 1.54) is 11.3 Å². The molecule has 0 aliphatic carbocycles. The molecule has 2 nitrogen and oxygen atoms in total. The summed E-state index contributed by atoms with van der Waals surface area (Å²) >= 11 is 0. The van der Waals surface area contributed by atoms with Crippen LogP contribution in [0.5, 0.6) is 0 Å². The average molecular weight is 239 g/mol. The summed E-state index contributed by atoms with van der Waals surface area (Å²) in [7, 11) is -1.51. The van der Waals surface area contributed by atoms with Gasteiger partial charge in [0, 0.05) is 24.3 Å². The Kier molecular flexibility index (Phi) is 3.68. The van der Waals surface area contributed by atoms with Gasteiger partial charge in [-0.3, -0.25) is 4.99 Å². The van der Waals surface area contributed by atoms with E-state index >= 15 is 0 Å². The molecule has 1 aliphatic rings. The van der Waals surface area contributed by atoms with Gasteiger partial charge in [0.25, 0.3) is 0 Å². The first kappa shape index (κ1) is 13.5. The number of dihydropyridines is 1. The number of hydrogen-bond donors (Lipinski definition) is 0. The van der Waals surface area contributed by atoms with Crippen LogP contribution in [0.25, 0.3) is 0 Å². The second-order valence-electron chi connectivity index (χ2n) is 6.48. The van der Waals surface area contributed by atoms with Crippen molar-refractivity contribution in [3.05, 3.63) is 11.3 Å². The predicted molar refractivity (Wildman–Crippen MR) is 73.5 cm³/mol. The van der Waals surface area contributed by atoms with Crippen LogP contribution in [-0.2, 0) is 4.43 Å². The zero-order valence-corrected chi connectivity index (χ0v) is 12.8. The van der Waals surface area contributed by atoms with Gasteiger partial charge >= 0.3 is 0 Å². The Bertz CT molecular complexity index is 329. The van der Waals surface area contributed by atoms with Crippen molar-refractivity contribution in [3.63, 3.8) is 0 Å². The lowest BCUT2D eigenvalue weighted by Gasteiger charge is -2.32. The molecule has 0 aromatic heterocycles. The van der Waals surface area contributed by atoms with Crippen molar-refractivity contribution >= 4 is 14.0 Å². The first-order chi connectivity index (χ1) is 7.11. The first-order valence-corrected chi connectivity index (χ1v) is 9.46. The van der Waals surface area contributed by atoms with Crippen molar-refractivity contribution in [3.8, 4) is 0 Å². The Labute approximate surface area is 101 Å². The Morgan fingerprint density at radius 2 is 1.75 bits per heavy atom. The predicted octanol–water partition coefficient (Wildman–Crippen LogP) is 4.00. The zero-order chi connectivity index (χ0) is 12.6. The van der Waals surface area contributed by atoms with E-state index in [2.05, 4.69) is 52.3 Å². The van der Waals surface area contributed by atoms with Crippen molar-refractivity contribution in [2.24, 2.45) is 10.4 Å². The molecule has 92 valence electrons. The third-order valence-corrected chi connectivity index (χ3v) is 3.37. The molecule has 16 heavy (non-hydrogen) atoms. The second kappa shape index (κ2) is 4.36. The maximum Gasteiger partial charge on any atom is 0.241 e. The van der Waals surface area contributed by atoms with Gasteiger partial charge in [-0.25, -0.2) is 0 Å². The molecular formula is C13H25NOSi. The number of allylic oxidation sites excluding steroid dienone is 1. The summed E-state index contributed by atoms with van der Waals surface area (Å²) in [5.41, 5.74) is 2.61. The maximum absolute atomic E-state index is 6.23. The van der Waals surface area contributed by atoms with Gasteiger partial charge in [0.1, 0.15) is 0 Å². The standard InChI is InChI=1S/C13H25NOSi/c1-10-12(13(2,3)4)11(8-9-14-10)15-16(5,6)7/h8-9H2,1-7H3. The normalized spacial score (nSPS) is 18.6. The van der Waals surface area contributed by atoms with Gasteiger partial charge in [-0.15, -0.1) is 0 Å². The Hall–Kier alpha value is -0.573. The molecule has 0 unspecified atom stereocenters. The lowest BCUT2D eigenvalue weighted by molar-refractivity contribution is 0.371. The van der Waals surface area contributed by atoms with E-state index in [9.17, 15) is 0 Å². The minimum absolute atomic E-state index is 0.128. The molecule has 0 atom stereocenters. The van der Waals surface area contributed by atoms with Crippen LogP contribution >= 0.6 is 0 Å². The van der Waals surface area contributed by atoms with Crippen molar-refractivity contribution < 1.29 is 4.43 Å². The summed E-state index contributed by atoms with van der Waals surface area (Å²) in [4.78, 5) is 4.55. The Morgan fingerprint density at radius 3 is 2.19 bits per heavy atom. The van der Waals surface area contributed by atoms with E-state index in [0.717, 1.165) is 18.7 Å². The molecule has 3 heteroatoms. The van der Waals surface area contributed by atoms with Gasteiger partial charge in [-0.2, -0.15) is 0 Å². The highest BCUT2D eigenvalue weighted by Gasteiger charge is 2.29. The lowest BCUT2D eigenvalue weighted by Crippen LogP contribution is -2.30. The number of aliphatic imine (C=N–C) groups is 1. The third kappa shape index (κ3) is 3.48. The maximum atomic E-state index is 6.23. The van der Waals surface area contributed by atoms with E-state index in [-0.39, 0.29) is 5.41 Å². The topological polar surface area (TPSA) is 21.6 Å². The highest BCUT2D eigenvalue weighted by molar-refractivity contribution is 6.70. The van der Waals surface area contributed by atoms with E-state index in [0.29, 0.717) is 0 Å². The van der Waals surface area contributed by atoms with E-state index in [1.807, 2.05) is 0 Å². The molecule has 0 N–H and O–H groups in total. The Morgan fingerprint density at radius 1 is 1.19 bits per heavy atom. The summed E-state index contributed by atoms with van der Waals surface area (Å²) in [5, 5.41) is 0. The van der Waals surface area contributed by atoms with Crippen molar-refractivity contribution in [2.75, 3.05) is 6.54 Å². The minimum atomic E-state index is -1.51. The highest BCUT2D eigenvalue weighted by atomic mass is 28.4. The van der Waals surface area contributed by atoms with Gasteiger partial charge in [0.2, 0.25) is 8.32 Å². The lowest BCUT2D eigenvalue weighted by atomic mass is 9.81.